The van der Waals surface area contributed by atoms with Gasteiger partial charge in [-0.05, 0) is 31.5 Å². The van der Waals surface area contributed by atoms with Gasteiger partial charge >= 0.3 is 0 Å². The molecule has 0 aromatic carbocycles. The molecule has 2 nitrogen and oxygen atoms in total. The lowest BCUT2D eigenvalue weighted by Crippen LogP contribution is -1.91. The molecule has 1 aromatic rings. The van der Waals surface area contributed by atoms with Gasteiger partial charge in [0.2, 0.25) is 0 Å². The summed E-state index contributed by atoms with van der Waals surface area (Å²) in [7, 11) is 0. The second-order valence-electron chi connectivity index (χ2n) is 2.41. The Hall–Kier alpha value is -0.890. The van der Waals surface area contributed by atoms with Crippen LogP contribution in [0.25, 0.3) is 0 Å². The Bertz CT molecular complexity index is 220. The van der Waals surface area contributed by atoms with Gasteiger partial charge in [0.1, 0.15) is 0 Å². The number of pyridine rings is 1. The predicted octanol–water partition coefficient (Wildman–Crippen LogP) is 1.44. The van der Waals surface area contributed by atoms with Gasteiger partial charge in [0.25, 0.3) is 0 Å². The Balaban J connectivity index is 2.96. The smallest absolute Gasteiger partial charge is 0.0763 e. The summed E-state index contributed by atoms with van der Waals surface area (Å²) in [5.41, 5.74) is 1.87. The lowest BCUT2D eigenvalue weighted by molar-refractivity contribution is 0.199. The first-order chi connectivity index (χ1) is 4.70. The normalized spacial score (nSPS) is 13.1. The molecule has 0 bridgehead atoms. The number of aromatic nitrogens is 1. The molecule has 1 rings (SSSR count). The summed E-state index contributed by atoms with van der Waals surface area (Å²) >= 11 is 0. The minimum Gasteiger partial charge on any atom is -0.389 e. The van der Waals surface area contributed by atoms with Gasteiger partial charge in [-0.25, -0.2) is 0 Å². The zero-order valence-electron chi connectivity index (χ0n) is 6.20. The Morgan fingerprint density at radius 1 is 1.60 bits per heavy atom. The molecule has 0 aliphatic carbocycles. The van der Waals surface area contributed by atoms with Crippen LogP contribution in [0.15, 0.2) is 18.3 Å². The monoisotopic (exact) mass is 137 g/mol. The highest BCUT2D eigenvalue weighted by atomic mass is 16.3. The molecule has 0 spiro atoms. The van der Waals surface area contributed by atoms with Crippen LogP contribution in [0.2, 0.25) is 0 Å². The molecule has 1 unspecified atom stereocenters. The molecule has 0 saturated carbocycles. The fraction of sp³-hybridized carbons (Fsp3) is 0.375. The minimum atomic E-state index is -0.387. The average molecular weight is 137 g/mol. The molecule has 10 heavy (non-hydrogen) atoms. The number of aliphatic hydroxyl groups is 1. The van der Waals surface area contributed by atoms with Gasteiger partial charge in [-0.1, -0.05) is 0 Å². The van der Waals surface area contributed by atoms with Gasteiger partial charge in [0, 0.05) is 11.9 Å². The van der Waals surface area contributed by atoms with Crippen molar-refractivity contribution in [2.24, 2.45) is 0 Å². The third-order valence-electron chi connectivity index (χ3n) is 1.40. The Kier molecular flexibility index (Phi) is 2.02. The molecule has 0 radical (unpaired) electrons. The van der Waals surface area contributed by atoms with Crippen molar-refractivity contribution in [3.63, 3.8) is 0 Å². The zero-order chi connectivity index (χ0) is 7.56. The summed E-state index contributed by atoms with van der Waals surface area (Å²) in [4.78, 5) is 4.01. The van der Waals surface area contributed by atoms with Crippen LogP contribution in [0, 0.1) is 6.92 Å². The summed E-state index contributed by atoms with van der Waals surface area (Å²) in [6.07, 6.45) is 1.32. The van der Waals surface area contributed by atoms with Crippen molar-refractivity contribution in [3.8, 4) is 0 Å². The number of rotatable bonds is 1. The minimum absolute atomic E-state index is 0.387. The van der Waals surface area contributed by atoms with E-state index in [1.165, 1.54) is 0 Å². The average Bonchev–Trinajstić information content (AvgIpc) is 1.88. The Labute approximate surface area is 60.5 Å². The molecule has 2 heteroatoms. The lowest BCUT2D eigenvalue weighted by atomic mass is 10.1. The van der Waals surface area contributed by atoms with Crippen LogP contribution in [-0.4, -0.2) is 10.1 Å². The summed E-state index contributed by atoms with van der Waals surface area (Å²) in [6.45, 7) is 3.65. The van der Waals surface area contributed by atoms with E-state index in [1.807, 2.05) is 19.1 Å². The maximum atomic E-state index is 9.12. The van der Waals surface area contributed by atoms with Crippen LogP contribution in [0.4, 0.5) is 0 Å². The fourth-order valence-electron chi connectivity index (χ4n) is 0.827. The zero-order valence-corrected chi connectivity index (χ0v) is 6.20. The van der Waals surface area contributed by atoms with Crippen molar-refractivity contribution in [2.45, 2.75) is 20.0 Å². The SMILES string of the molecule is Cc1cc(C(C)O)ccn1. The highest BCUT2D eigenvalue weighted by Gasteiger charge is 1.98. The van der Waals surface area contributed by atoms with Crippen LogP contribution in [-0.2, 0) is 0 Å². The van der Waals surface area contributed by atoms with E-state index in [1.54, 1.807) is 13.1 Å². The number of hydrogen-bond donors (Lipinski definition) is 1. The summed E-state index contributed by atoms with van der Waals surface area (Å²) < 4.78 is 0. The van der Waals surface area contributed by atoms with Crippen molar-refractivity contribution in [1.82, 2.24) is 4.98 Å². The van der Waals surface area contributed by atoms with Crippen molar-refractivity contribution >= 4 is 0 Å². The van der Waals surface area contributed by atoms with E-state index < -0.39 is 0 Å². The van der Waals surface area contributed by atoms with Crippen LogP contribution in [0.1, 0.15) is 24.3 Å². The van der Waals surface area contributed by atoms with E-state index in [0.29, 0.717) is 0 Å². The van der Waals surface area contributed by atoms with Crippen LogP contribution in [0.3, 0.4) is 0 Å². The number of aryl methyl sites for hydroxylation is 1. The first-order valence-electron chi connectivity index (χ1n) is 3.31. The molecule has 0 fully saturated rings. The number of nitrogens with zero attached hydrogens (tertiary/aromatic N) is 1. The quantitative estimate of drug-likeness (QED) is 0.635. The van der Waals surface area contributed by atoms with Crippen LogP contribution < -0.4 is 0 Å². The second-order valence-corrected chi connectivity index (χ2v) is 2.41. The highest BCUT2D eigenvalue weighted by molar-refractivity contribution is 5.16. The third kappa shape index (κ3) is 1.54. The molecule has 1 N–H and O–H groups in total. The van der Waals surface area contributed by atoms with E-state index in [4.69, 9.17) is 5.11 Å². The standard InChI is InChI=1S/C8H11NO/c1-6-5-8(7(2)10)3-4-9-6/h3-5,7,10H,1-2H3. The molecule has 0 amide bonds. The molecule has 1 heterocycles. The summed E-state index contributed by atoms with van der Waals surface area (Å²) in [5, 5.41) is 9.12. The van der Waals surface area contributed by atoms with Gasteiger partial charge in [0.15, 0.2) is 0 Å². The van der Waals surface area contributed by atoms with Gasteiger partial charge in [0.05, 0.1) is 6.10 Å². The van der Waals surface area contributed by atoms with E-state index in [9.17, 15) is 0 Å². The van der Waals surface area contributed by atoms with E-state index in [2.05, 4.69) is 4.98 Å². The molecular formula is C8H11NO. The molecule has 0 saturated heterocycles. The van der Waals surface area contributed by atoms with Crippen molar-refractivity contribution in [2.75, 3.05) is 0 Å². The van der Waals surface area contributed by atoms with Crippen molar-refractivity contribution in [3.05, 3.63) is 29.6 Å². The van der Waals surface area contributed by atoms with Crippen LogP contribution in [0.5, 0.6) is 0 Å². The lowest BCUT2D eigenvalue weighted by Gasteiger charge is -2.03. The molecular weight excluding hydrogens is 126 g/mol. The topological polar surface area (TPSA) is 33.1 Å². The number of aliphatic hydroxyl groups excluding tert-OH is 1. The first kappa shape index (κ1) is 7.22. The first-order valence-corrected chi connectivity index (χ1v) is 3.31. The van der Waals surface area contributed by atoms with Gasteiger partial charge < -0.3 is 5.11 Å². The maximum absolute atomic E-state index is 9.12. The predicted molar refractivity (Wildman–Crippen MR) is 39.6 cm³/mol. The van der Waals surface area contributed by atoms with E-state index in [0.717, 1.165) is 11.3 Å². The highest BCUT2D eigenvalue weighted by Crippen LogP contribution is 2.10. The van der Waals surface area contributed by atoms with E-state index in [-0.39, 0.29) is 6.10 Å². The molecule has 0 aliphatic rings. The second kappa shape index (κ2) is 2.80. The third-order valence-corrected chi connectivity index (χ3v) is 1.40. The fourth-order valence-corrected chi connectivity index (χ4v) is 0.827. The largest absolute Gasteiger partial charge is 0.389 e. The molecule has 1 atom stereocenters. The summed E-state index contributed by atoms with van der Waals surface area (Å²) in [6, 6.07) is 3.70. The molecule has 1 aromatic heterocycles. The van der Waals surface area contributed by atoms with Crippen LogP contribution >= 0.6 is 0 Å². The number of hydrogen-bond acceptors (Lipinski definition) is 2. The van der Waals surface area contributed by atoms with Gasteiger partial charge in [-0.2, -0.15) is 0 Å². The molecule has 0 aliphatic heterocycles. The van der Waals surface area contributed by atoms with Gasteiger partial charge in [-0.15, -0.1) is 0 Å². The summed E-state index contributed by atoms with van der Waals surface area (Å²) in [5.74, 6) is 0. The van der Waals surface area contributed by atoms with Crippen molar-refractivity contribution in [1.29, 1.82) is 0 Å². The van der Waals surface area contributed by atoms with Crippen molar-refractivity contribution < 1.29 is 5.11 Å². The van der Waals surface area contributed by atoms with Gasteiger partial charge in [-0.3, -0.25) is 4.98 Å². The maximum Gasteiger partial charge on any atom is 0.0763 e. The Morgan fingerprint density at radius 3 is 2.70 bits per heavy atom. The Morgan fingerprint density at radius 2 is 2.30 bits per heavy atom. The van der Waals surface area contributed by atoms with E-state index >= 15 is 0 Å². The molecule has 54 valence electrons.